The molecule has 0 aliphatic carbocycles. The zero-order valence-electron chi connectivity index (χ0n) is 18.6. The van der Waals surface area contributed by atoms with Crippen LogP contribution in [-0.4, -0.2) is 25.1 Å². The highest BCUT2D eigenvalue weighted by atomic mass is 35.5. The molecule has 0 radical (unpaired) electrons. The molecule has 0 heterocycles. The first-order valence-corrected chi connectivity index (χ1v) is 10.8. The van der Waals surface area contributed by atoms with Crippen molar-refractivity contribution in [3.05, 3.63) is 82.9 Å². The van der Waals surface area contributed by atoms with Crippen LogP contribution in [0, 0.1) is 0 Å². The normalized spacial score (nSPS) is 10.5. The third kappa shape index (κ3) is 6.63. The van der Waals surface area contributed by atoms with E-state index < -0.39 is 0 Å². The van der Waals surface area contributed by atoms with Crippen molar-refractivity contribution in [3.8, 4) is 11.5 Å². The van der Waals surface area contributed by atoms with Crippen LogP contribution in [0.1, 0.15) is 29.8 Å². The average molecular weight is 468 g/mol. The second-order valence-corrected chi connectivity index (χ2v) is 7.91. The summed E-state index contributed by atoms with van der Waals surface area (Å²) in [7, 11) is 1.51. The van der Waals surface area contributed by atoms with Gasteiger partial charge >= 0.3 is 6.03 Å². The predicted molar refractivity (Wildman–Crippen MR) is 130 cm³/mol. The van der Waals surface area contributed by atoms with Crippen LogP contribution in [0.25, 0.3) is 0 Å². The summed E-state index contributed by atoms with van der Waals surface area (Å²) >= 11 is 6.18. The van der Waals surface area contributed by atoms with Crippen LogP contribution in [0.15, 0.2) is 66.7 Å². The number of amides is 3. The Morgan fingerprint density at radius 3 is 2.24 bits per heavy atom. The van der Waals surface area contributed by atoms with Crippen LogP contribution >= 0.6 is 11.6 Å². The van der Waals surface area contributed by atoms with E-state index in [1.165, 1.54) is 7.11 Å². The Morgan fingerprint density at radius 2 is 1.58 bits per heavy atom. The van der Waals surface area contributed by atoms with Gasteiger partial charge in [-0.1, -0.05) is 41.9 Å². The van der Waals surface area contributed by atoms with E-state index in [1.807, 2.05) is 32.0 Å². The molecular formula is C25H26ClN3O4. The van der Waals surface area contributed by atoms with Gasteiger partial charge in [0.05, 0.1) is 18.5 Å². The van der Waals surface area contributed by atoms with E-state index in [1.54, 1.807) is 48.5 Å². The molecule has 0 unspecified atom stereocenters. The Hall–Kier alpha value is -3.71. The van der Waals surface area contributed by atoms with E-state index in [0.717, 1.165) is 5.56 Å². The summed E-state index contributed by atoms with van der Waals surface area (Å²) in [4.78, 5) is 24.9. The van der Waals surface area contributed by atoms with Gasteiger partial charge in [-0.3, -0.25) is 4.79 Å². The van der Waals surface area contributed by atoms with E-state index >= 15 is 0 Å². The number of anilines is 2. The summed E-state index contributed by atoms with van der Waals surface area (Å²) in [6.07, 6.45) is 0. The zero-order chi connectivity index (χ0) is 23.8. The molecule has 3 aromatic rings. The first-order chi connectivity index (χ1) is 15.9. The zero-order valence-corrected chi connectivity index (χ0v) is 19.4. The quantitative estimate of drug-likeness (QED) is 0.396. The lowest BCUT2D eigenvalue weighted by atomic mass is 10.1. The molecule has 0 aliphatic heterocycles. The number of benzene rings is 3. The third-order valence-corrected chi connectivity index (χ3v) is 4.98. The minimum atomic E-state index is -0.357. The summed E-state index contributed by atoms with van der Waals surface area (Å²) in [5.41, 5.74) is 2.17. The number of hydrogen-bond acceptors (Lipinski definition) is 4. The van der Waals surface area contributed by atoms with Crippen LogP contribution < -0.4 is 25.4 Å². The van der Waals surface area contributed by atoms with Crippen LogP contribution in [0.3, 0.4) is 0 Å². The number of hydrogen-bond donors (Lipinski definition) is 3. The van der Waals surface area contributed by atoms with Crippen molar-refractivity contribution >= 4 is 34.9 Å². The molecule has 3 amide bonds. The molecule has 172 valence electrons. The topological polar surface area (TPSA) is 88.7 Å². The van der Waals surface area contributed by atoms with Gasteiger partial charge in [-0.2, -0.15) is 0 Å². The standard InChI is InChI=1S/C25H26ClN3O4/c1-16(2)27-25(31)29-21-11-7-6-10-20(21)28-24(30)17-12-13-22(23(14-17)32-3)33-15-18-8-4-5-9-19(18)26/h4-14,16H,15H2,1-3H3,(H,28,30)(H2,27,29,31). The average Bonchev–Trinajstić information content (AvgIpc) is 2.79. The van der Waals surface area contributed by atoms with Crippen molar-refractivity contribution in [2.75, 3.05) is 17.7 Å². The summed E-state index contributed by atoms with van der Waals surface area (Å²) in [6, 6.07) is 18.9. The summed E-state index contributed by atoms with van der Waals surface area (Å²) < 4.78 is 11.3. The molecule has 3 N–H and O–H groups in total. The molecule has 0 saturated heterocycles. The first-order valence-electron chi connectivity index (χ1n) is 10.4. The molecule has 33 heavy (non-hydrogen) atoms. The maximum Gasteiger partial charge on any atom is 0.319 e. The fraction of sp³-hybridized carbons (Fsp3) is 0.200. The lowest BCUT2D eigenvalue weighted by molar-refractivity contribution is 0.102. The van der Waals surface area contributed by atoms with Crippen molar-refractivity contribution in [2.24, 2.45) is 0 Å². The molecule has 0 atom stereocenters. The maximum absolute atomic E-state index is 12.9. The number of nitrogens with one attached hydrogen (secondary N) is 3. The van der Waals surface area contributed by atoms with Crippen molar-refractivity contribution < 1.29 is 19.1 Å². The molecular weight excluding hydrogens is 442 g/mol. The molecule has 8 heteroatoms. The van der Waals surface area contributed by atoms with Gasteiger partial charge in [0.1, 0.15) is 6.61 Å². The Kier molecular flexibility index (Phi) is 8.16. The molecule has 0 saturated carbocycles. The smallest absolute Gasteiger partial charge is 0.319 e. The lowest BCUT2D eigenvalue weighted by Gasteiger charge is -2.15. The van der Waals surface area contributed by atoms with E-state index in [2.05, 4.69) is 16.0 Å². The van der Waals surface area contributed by atoms with Gasteiger partial charge in [-0.15, -0.1) is 0 Å². The fourth-order valence-electron chi connectivity index (χ4n) is 3.02. The number of halogens is 1. The molecule has 0 aliphatic rings. The molecule has 0 fully saturated rings. The van der Waals surface area contributed by atoms with Crippen LogP contribution in [0.4, 0.5) is 16.2 Å². The number of rotatable bonds is 8. The van der Waals surface area contributed by atoms with Gasteiger partial charge < -0.3 is 25.4 Å². The molecule has 0 aromatic heterocycles. The van der Waals surface area contributed by atoms with Crippen molar-refractivity contribution in [1.29, 1.82) is 0 Å². The van der Waals surface area contributed by atoms with Crippen molar-refractivity contribution in [1.82, 2.24) is 5.32 Å². The minimum Gasteiger partial charge on any atom is -0.493 e. The SMILES string of the molecule is COc1cc(C(=O)Nc2ccccc2NC(=O)NC(C)C)ccc1OCc1ccccc1Cl. The van der Waals surface area contributed by atoms with Gasteiger partial charge in [-0.05, 0) is 50.2 Å². The second kappa shape index (κ2) is 11.2. The molecule has 3 rings (SSSR count). The highest BCUT2D eigenvalue weighted by molar-refractivity contribution is 6.31. The number of carbonyl (C=O) groups excluding carboxylic acids is 2. The third-order valence-electron chi connectivity index (χ3n) is 4.61. The highest BCUT2D eigenvalue weighted by Gasteiger charge is 2.14. The second-order valence-electron chi connectivity index (χ2n) is 7.50. The van der Waals surface area contributed by atoms with Crippen molar-refractivity contribution in [2.45, 2.75) is 26.5 Å². The number of urea groups is 1. The number of carbonyl (C=O) groups is 2. The van der Waals surface area contributed by atoms with Crippen LogP contribution in [0.5, 0.6) is 11.5 Å². The fourth-order valence-corrected chi connectivity index (χ4v) is 3.21. The van der Waals surface area contributed by atoms with Gasteiger partial charge in [0.25, 0.3) is 5.91 Å². The largest absolute Gasteiger partial charge is 0.493 e. The highest BCUT2D eigenvalue weighted by Crippen LogP contribution is 2.30. The number of para-hydroxylation sites is 2. The van der Waals surface area contributed by atoms with E-state index in [-0.39, 0.29) is 24.6 Å². The summed E-state index contributed by atoms with van der Waals surface area (Å²) in [5.74, 6) is 0.545. The summed E-state index contributed by atoms with van der Waals surface area (Å²) in [5, 5.41) is 8.94. The van der Waals surface area contributed by atoms with Crippen LogP contribution in [0.2, 0.25) is 5.02 Å². The van der Waals surface area contributed by atoms with Gasteiger partial charge in [0.2, 0.25) is 0 Å². The Morgan fingerprint density at radius 1 is 0.909 bits per heavy atom. The Labute approximate surface area is 198 Å². The minimum absolute atomic E-state index is 0.0159. The van der Waals surface area contributed by atoms with E-state index in [9.17, 15) is 9.59 Å². The lowest BCUT2D eigenvalue weighted by Crippen LogP contribution is -2.34. The monoisotopic (exact) mass is 467 g/mol. The Balaban J connectivity index is 1.72. The van der Waals surface area contributed by atoms with E-state index in [4.69, 9.17) is 21.1 Å². The van der Waals surface area contributed by atoms with Crippen molar-refractivity contribution in [3.63, 3.8) is 0 Å². The molecule has 0 spiro atoms. The Bertz CT molecular complexity index is 1130. The first kappa shape index (κ1) is 23.9. The predicted octanol–water partition coefficient (Wildman–Crippen LogP) is 5.71. The molecule has 0 bridgehead atoms. The van der Waals surface area contributed by atoms with Gasteiger partial charge in [0.15, 0.2) is 11.5 Å². The van der Waals surface area contributed by atoms with Crippen LogP contribution in [-0.2, 0) is 6.61 Å². The van der Waals surface area contributed by atoms with Gasteiger partial charge in [0, 0.05) is 22.2 Å². The number of methoxy groups -OCH3 is 1. The molecule has 7 nitrogen and oxygen atoms in total. The van der Waals surface area contributed by atoms with Gasteiger partial charge in [-0.25, -0.2) is 4.79 Å². The molecule has 3 aromatic carbocycles. The van der Waals surface area contributed by atoms with E-state index in [0.29, 0.717) is 33.5 Å². The maximum atomic E-state index is 12.9. The summed E-state index contributed by atoms with van der Waals surface area (Å²) in [6.45, 7) is 3.99. The number of ether oxygens (including phenoxy) is 2.